The molecule has 3 atom stereocenters. The van der Waals surface area contributed by atoms with Crippen molar-refractivity contribution in [3.05, 3.63) is 40.5 Å². The molecule has 0 radical (unpaired) electrons. The van der Waals surface area contributed by atoms with Crippen LogP contribution in [0.15, 0.2) is 18.2 Å². The summed E-state index contributed by atoms with van der Waals surface area (Å²) < 4.78 is 123. The third kappa shape index (κ3) is 5.70. The molecule has 0 amide bonds. The van der Waals surface area contributed by atoms with Crippen molar-refractivity contribution in [2.24, 2.45) is 0 Å². The molecule has 3 unspecified atom stereocenters. The molecule has 42 heavy (non-hydrogen) atoms. The summed E-state index contributed by atoms with van der Waals surface area (Å²) >= 11 is 0. The molecule has 1 saturated heterocycles. The van der Waals surface area contributed by atoms with Gasteiger partial charge in [0.05, 0.1) is 34.0 Å². The van der Waals surface area contributed by atoms with Crippen LogP contribution in [-0.4, -0.2) is 67.1 Å². The monoisotopic (exact) mass is 629 g/mol. The van der Waals surface area contributed by atoms with Crippen molar-refractivity contribution in [1.82, 2.24) is 9.47 Å². The molecule has 2 aromatic rings. The number of aromatic nitrogens is 1. The number of benzene rings is 1. The summed E-state index contributed by atoms with van der Waals surface area (Å²) in [4.78, 5) is 1.89. The van der Waals surface area contributed by atoms with Crippen molar-refractivity contribution in [3.63, 3.8) is 0 Å². The smallest absolute Gasteiger partial charge is 0.453 e. The van der Waals surface area contributed by atoms with E-state index in [9.17, 15) is 49.5 Å². The van der Waals surface area contributed by atoms with E-state index in [0.29, 0.717) is 19.0 Å². The van der Waals surface area contributed by atoms with Gasteiger partial charge in [0.2, 0.25) is 11.8 Å². The number of morpholine rings is 1. The summed E-state index contributed by atoms with van der Waals surface area (Å²) in [6.07, 6.45) is -12.2. The Morgan fingerprint density at radius 2 is 1.52 bits per heavy atom. The lowest BCUT2D eigenvalue weighted by Crippen LogP contribution is -2.52. The minimum Gasteiger partial charge on any atom is -0.494 e. The Bertz CT molecular complexity index is 1390. The molecule has 16 heteroatoms. The van der Waals surface area contributed by atoms with Crippen LogP contribution in [0.3, 0.4) is 0 Å². The average Bonchev–Trinajstić information content (AvgIpc) is 3.22. The molecule has 0 saturated carbocycles. The molecule has 0 spiro atoms. The van der Waals surface area contributed by atoms with E-state index in [4.69, 9.17) is 10.00 Å². The van der Waals surface area contributed by atoms with Gasteiger partial charge in [0, 0.05) is 41.8 Å². The van der Waals surface area contributed by atoms with Gasteiger partial charge in [-0.25, -0.2) is 0 Å². The van der Waals surface area contributed by atoms with Gasteiger partial charge >= 0.3 is 18.3 Å². The van der Waals surface area contributed by atoms with Crippen LogP contribution in [-0.2, 0) is 32.9 Å². The van der Waals surface area contributed by atoms with Gasteiger partial charge in [-0.05, 0) is 51.4 Å². The Labute approximate surface area is 237 Å². The molecule has 232 valence electrons. The largest absolute Gasteiger partial charge is 0.494 e. The molecule has 2 bridgehead atoms. The van der Waals surface area contributed by atoms with E-state index >= 15 is 0 Å². The molecule has 1 aromatic carbocycles. The molecule has 1 aromatic heterocycles. The lowest BCUT2D eigenvalue weighted by molar-refractivity contribution is -0.284. The van der Waals surface area contributed by atoms with Crippen molar-refractivity contribution in [3.8, 4) is 23.5 Å². The van der Waals surface area contributed by atoms with E-state index in [1.807, 2.05) is 4.90 Å². The van der Waals surface area contributed by atoms with Crippen LogP contribution in [0.25, 0.3) is 5.69 Å². The minimum absolute atomic E-state index is 0.0538. The van der Waals surface area contributed by atoms with Crippen LogP contribution in [0.1, 0.15) is 55.4 Å². The topological polar surface area (TPSA) is 98.7 Å². The minimum atomic E-state index is -5.66. The molecule has 0 aliphatic carbocycles. The number of ether oxygens (including phenoxy) is 1. The van der Waals surface area contributed by atoms with Crippen LogP contribution in [0.4, 0.5) is 35.1 Å². The third-order valence-electron chi connectivity index (χ3n) is 7.49. The van der Waals surface area contributed by atoms with Crippen molar-refractivity contribution in [1.29, 1.82) is 5.26 Å². The van der Waals surface area contributed by atoms with Gasteiger partial charge in [0.1, 0.15) is 11.2 Å². The van der Waals surface area contributed by atoms with Crippen molar-refractivity contribution in [2.75, 3.05) is 31.1 Å². The maximum Gasteiger partial charge on any atom is 0.453 e. The molecular formula is C26H27F8N3O4S. The zero-order chi connectivity index (χ0) is 31.5. The summed E-state index contributed by atoms with van der Waals surface area (Å²) in [5.41, 5.74) is -4.15. The van der Waals surface area contributed by atoms with Gasteiger partial charge in [-0.1, -0.05) is 0 Å². The first-order chi connectivity index (χ1) is 19.2. The van der Waals surface area contributed by atoms with E-state index in [-0.39, 0.29) is 41.4 Å². The van der Waals surface area contributed by atoms with E-state index in [1.54, 1.807) is 13.8 Å². The summed E-state index contributed by atoms with van der Waals surface area (Å²) in [7, 11) is -1.63. The first-order valence-electron chi connectivity index (χ1n) is 12.8. The van der Waals surface area contributed by atoms with Crippen LogP contribution >= 0.6 is 0 Å². The highest BCUT2D eigenvalue weighted by molar-refractivity contribution is 7.84. The Kier molecular flexibility index (Phi) is 8.14. The quantitative estimate of drug-likeness (QED) is 0.347. The standard InChI is InChI=1S/C26H27F8N3O4S/c1-22-13-36(8-4-10-42(40)9-3-7-24(27,28)26(32,33)34)14-23(2,41-22)19-18(22)20(38)37(21(19)39)16-6-5-15(12-35)17(11-16)25(29,30)31/h5-6,11,38-39H,3-4,7-10,13-14H2,1-2H3. The predicted octanol–water partition coefficient (Wildman–Crippen LogP) is 5.67. The van der Waals surface area contributed by atoms with E-state index < -0.39 is 76.0 Å². The average molecular weight is 630 g/mol. The van der Waals surface area contributed by atoms with Crippen LogP contribution < -0.4 is 0 Å². The molecule has 7 nitrogen and oxygen atoms in total. The maximum atomic E-state index is 13.5. The zero-order valence-electron chi connectivity index (χ0n) is 22.4. The van der Waals surface area contributed by atoms with E-state index in [2.05, 4.69) is 0 Å². The maximum absolute atomic E-state index is 13.5. The van der Waals surface area contributed by atoms with Gasteiger partial charge in [-0.2, -0.15) is 40.4 Å². The second-order valence-corrected chi connectivity index (χ2v) is 12.6. The third-order valence-corrected chi connectivity index (χ3v) is 8.98. The number of nitriles is 1. The Morgan fingerprint density at radius 1 is 0.976 bits per heavy atom. The Morgan fingerprint density at radius 3 is 2.02 bits per heavy atom. The first kappa shape index (κ1) is 32.0. The number of halogens is 8. The summed E-state index contributed by atoms with van der Waals surface area (Å²) in [5.74, 6) is -6.18. The molecule has 3 heterocycles. The number of hydrogen-bond donors (Lipinski definition) is 2. The normalized spacial score (nSPS) is 23.5. The SMILES string of the molecule is CC12CN(CCCS(=O)CCCC(F)(F)C(F)(F)F)CC(C)(O1)c1c2c(O)n(-c2ccc(C#N)c(C(F)(F)F)c2)c1O. The predicted molar refractivity (Wildman–Crippen MR) is 134 cm³/mol. The number of nitrogens with zero attached hydrogens (tertiary/aromatic N) is 3. The molecule has 2 aliphatic heterocycles. The fourth-order valence-electron chi connectivity index (χ4n) is 5.83. The molecule has 2 N–H and O–H groups in total. The van der Waals surface area contributed by atoms with Crippen LogP contribution in [0.2, 0.25) is 0 Å². The summed E-state index contributed by atoms with van der Waals surface area (Å²) in [5, 5.41) is 31.4. The second kappa shape index (κ2) is 10.7. The highest BCUT2D eigenvalue weighted by atomic mass is 32.2. The summed E-state index contributed by atoms with van der Waals surface area (Å²) in [6, 6.07) is 4.24. The number of alkyl halides is 8. The Hall–Kier alpha value is -2.90. The van der Waals surface area contributed by atoms with Gasteiger partial charge in [0.25, 0.3) is 0 Å². The molecule has 1 fully saturated rings. The molecule has 4 rings (SSSR count). The van der Waals surface area contributed by atoms with E-state index in [1.165, 1.54) is 12.1 Å². The highest BCUT2D eigenvalue weighted by Gasteiger charge is 2.59. The summed E-state index contributed by atoms with van der Waals surface area (Å²) in [6.45, 7) is 3.92. The van der Waals surface area contributed by atoms with Gasteiger partial charge < -0.3 is 14.9 Å². The fourth-order valence-corrected chi connectivity index (χ4v) is 6.96. The van der Waals surface area contributed by atoms with Gasteiger partial charge in [0.15, 0.2) is 0 Å². The number of rotatable bonds is 9. The van der Waals surface area contributed by atoms with Crippen LogP contribution in [0, 0.1) is 11.3 Å². The Balaban J connectivity index is 1.47. The first-order valence-corrected chi connectivity index (χ1v) is 14.2. The highest BCUT2D eigenvalue weighted by Crippen LogP contribution is 2.59. The number of fused-ring (bicyclic) bond motifs is 5. The van der Waals surface area contributed by atoms with Crippen molar-refractivity contribution >= 4 is 10.8 Å². The lowest BCUT2D eigenvalue weighted by atomic mass is 9.94. The van der Waals surface area contributed by atoms with E-state index in [0.717, 1.165) is 10.6 Å². The van der Waals surface area contributed by atoms with Gasteiger partial charge in [-0.15, -0.1) is 0 Å². The second-order valence-electron chi connectivity index (χ2n) is 10.9. The van der Waals surface area contributed by atoms with Gasteiger partial charge in [-0.3, -0.25) is 13.7 Å². The molecule has 2 aliphatic rings. The van der Waals surface area contributed by atoms with Crippen molar-refractivity contribution < 1.29 is 54.3 Å². The van der Waals surface area contributed by atoms with Crippen LogP contribution in [0.5, 0.6) is 11.8 Å². The zero-order valence-corrected chi connectivity index (χ0v) is 23.2. The number of aromatic hydroxyl groups is 2. The van der Waals surface area contributed by atoms with Crippen molar-refractivity contribution in [2.45, 2.75) is 62.6 Å². The lowest BCUT2D eigenvalue weighted by Gasteiger charge is -2.44. The fraction of sp³-hybridized carbons (Fsp3) is 0.577. The number of hydrogen-bond acceptors (Lipinski definition) is 6. The molecular weight excluding hydrogens is 602 g/mol.